The lowest BCUT2D eigenvalue weighted by Gasteiger charge is -2.18. The van der Waals surface area contributed by atoms with Crippen LogP contribution >= 0.6 is 0 Å². The first-order valence-corrected chi connectivity index (χ1v) is 16.9. The molecule has 5 nitrogen and oxygen atoms in total. The Labute approximate surface area is 296 Å². The quantitative estimate of drug-likeness (QED) is 0.0929. The van der Waals surface area contributed by atoms with Gasteiger partial charge in [-0.3, -0.25) is 9.98 Å². The van der Waals surface area contributed by atoms with Gasteiger partial charge in [0.1, 0.15) is 17.0 Å². The largest absolute Gasteiger partial charge is 0.456 e. The van der Waals surface area contributed by atoms with E-state index >= 15 is 0 Å². The number of furan rings is 1. The third-order valence-electron chi connectivity index (χ3n) is 9.08. The van der Waals surface area contributed by atoms with Crippen molar-refractivity contribution in [3.05, 3.63) is 191 Å². The van der Waals surface area contributed by atoms with Crippen LogP contribution in [0.15, 0.2) is 173 Å². The molecule has 0 radical (unpaired) electrons. The summed E-state index contributed by atoms with van der Waals surface area (Å²) in [6, 6.07) is 47.1. The fourth-order valence-electron chi connectivity index (χ4n) is 6.66. The van der Waals surface area contributed by atoms with Crippen molar-refractivity contribution in [1.82, 2.24) is 9.97 Å². The predicted octanol–water partition coefficient (Wildman–Crippen LogP) is 9.42. The number of rotatable bonds is 8. The Morgan fingerprint density at radius 1 is 0.745 bits per heavy atom. The molecule has 244 valence electrons. The van der Waals surface area contributed by atoms with E-state index in [1.807, 2.05) is 85.1 Å². The molecule has 1 atom stereocenters. The fourth-order valence-corrected chi connectivity index (χ4v) is 6.66. The van der Waals surface area contributed by atoms with Crippen LogP contribution in [-0.4, -0.2) is 22.5 Å². The van der Waals surface area contributed by atoms with Crippen molar-refractivity contribution in [3.63, 3.8) is 0 Å². The third-order valence-corrected chi connectivity index (χ3v) is 9.08. The average Bonchev–Trinajstić information content (AvgIpc) is 3.55. The summed E-state index contributed by atoms with van der Waals surface area (Å²) < 4.78 is 6.35. The van der Waals surface area contributed by atoms with Crippen LogP contribution in [0.1, 0.15) is 28.3 Å². The van der Waals surface area contributed by atoms with Gasteiger partial charge in [0, 0.05) is 38.7 Å². The van der Waals surface area contributed by atoms with Crippen LogP contribution in [0, 0.1) is 0 Å². The SMILES string of the molecule is C=C/C=c1\c(=C/Cc2cc(-c3ccc4ccc5cccnc5c4n3)cc(C(/N=C(\N=C)c3ccccc3)c3ccccc3)c2)oc2ccccc12. The van der Waals surface area contributed by atoms with Gasteiger partial charge in [-0.25, -0.2) is 9.98 Å². The molecule has 8 rings (SSSR count). The zero-order valence-electron chi connectivity index (χ0n) is 28.0. The van der Waals surface area contributed by atoms with Gasteiger partial charge in [-0.05, 0) is 66.2 Å². The Morgan fingerprint density at radius 2 is 1.49 bits per heavy atom. The number of nitrogens with zero attached hydrogens (tertiary/aromatic N) is 4. The van der Waals surface area contributed by atoms with Gasteiger partial charge < -0.3 is 4.42 Å². The van der Waals surface area contributed by atoms with Gasteiger partial charge in [0.2, 0.25) is 0 Å². The Balaban J connectivity index is 1.34. The predicted molar refractivity (Wildman–Crippen MR) is 212 cm³/mol. The fraction of sp³-hybridized carbons (Fsp3) is 0.0435. The van der Waals surface area contributed by atoms with Crippen molar-refractivity contribution in [2.75, 3.05) is 0 Å². The Bertz CT molecular complexity index is 2710. The molecule has 0 saturated heterocycles. The van der Waals surface area contributed by atoms with Gasteiger partial charge in [0.15, 0.2) is 5.84 Å². The topological polar surface area (TPSA) is 63.6 Å². The zero-order valence-corrected chi connectivity index (χ0v) is 28.0. The van der Waals surface area contributed by atoms with E-state index in [4.69, 9.17) is 19.4 Å². The molecule has 5 aromatic carbocycles. The summed E-state index contributed by atoms with van der Waals surface area (Å²) in [7, 11) is 0. The molecule has 0 amide bonds. The Hall–Kier alpha value is -6.72. The number of aliphatic imine (C=N–C) groups is 2. The van der Waals surface area contributed by atoms with E-state index in [9.17, 15) is 0 Å². The molecule has 1 unspecified atom stereocenters. The number of aromatic nitrogens is 2. The first-order valence-electron chi connectivity index (χ1n) is 16.9. The van der Waals surface area contributed by atoms with Crippen LogP contribution in [0.4, 0.5) is 0 Å². The molecule has 0 aliphatic rings. The highest BCUT2D eigenvalue weighted by atomic mass is 16.3. The first kappa shape index (κ1) is 31.5. The van der Waals surface area contributed by atoms with Gasteiger partial charge in [-0.15, -0.1) is 0 Å². The molecule has 8 aromatic rings. The first-order chi connectivity index (χ1) is 25.2. The maximum absolute atomic E-state index is 6.35. The molecule has 5 heteroatoms. The summed E-state index contributed by atoms with van der Waals surface area (Å²) in [6.07, 6.45) is 8.39. The van der Waals surface area contributed by atoms with Crippen LogP contribution in [-0.2, 0) is 6.42 Å². The number of allylic oxidation sites excluding steroid dienone is 1. The highest BCUT2D eigenvalue weighted by molar-refractivity contribution is 6.03. The van der Waals surface area contributed by atoms with E-state index in [0.29, 0.717) is 12.3 Å². The smallest absolute Gasteiger partial charge is 0.154 e. The van der Waals surface area contributed by atoms with Crippen LogP contribution in [0.5, 0.6) is 0 Å². The maximum Gasteiger partial charge on any atom is 0.154 e. The Kier molecular flexibility index (Phi) is 8.67. The second-order valence-electron chi connectivity index (χ2n) is 12.3. The maximum atomic E-state index is 6.35. The van der Waals surface area contributed by atoms with Gasteiger partial charge >= 0.3 is 0 Å². The number of hydrogen-bond donors (Lipinski definition) is 0. The van der Waals surface area contributed by atoms with Crippen molar-refractivity contribution < 1.29 is 4.42 Å². The van der Waals surface area contributed by atoms with Crippen molar-refractivity contribution in [1.29, 1.82) is 0 Å². The summed E-state index contributed by atoms with van der Waals surface area (Å²) in [4.78, 5) is 19.6. The Morgan fingerprint density at radius 3 is 2.29 bits per heavy atom. The number of para-hydroxylation sites is 1. The van der Waals surface area contributed by atoms with Gasteiger partial charge in [0.25, 0.3) is 0 Å². The second-order valence-corrected chi connectivity index (χ2v) is 12.3. The van der Waals surface area contributed by atoms with E-state index < -0.39 is 0 Å². The molecular weight excluding hydrogens is 625 g/mol. The molecule has 0 bridgehead atoms. The van der Waals surface area contributed by atoms with E-state index in [-0.39, 0.29) is 6.04 Å². The van der Waals surface area contributed by atoms with E-state index in [0.717, 1.165) is 76.9 Å². The van der Waals surface area contributed by atoms with Crippen molar-refractivity contribution in [2.24, 2.45) is 9.98 Å². The summed E-state index contributed by atoms with van der Waals surface area (Å²) in [5.74, 6) is 0.580. The van der Waals surface area contributed by atoms with Gasteiger partial charge in [-0.1, -0.05) is 128 Å². The minimum Gasteiger partial charge on any atom is -0.456 e. The molecular formula is C46H34N4O. The highest BCUT2D eigenvalue weighted by Gasteiger charge is 2.18. The molecule has 0 fully saturated rings. The number of fused-ring (bicyclic) bond motifs is 4. The monoisotopic (exact) mass is 658 g/mol. The number of pyridine rings is 2. The van der Waals surface area contributed by atoms with Crippen LogP contribution < -0.4 is 10.6 Å². The lowest BCUT2D eigenvalue weighted by atomic mass is 9.93. The zero-order chi connectivity index (χ0) is 34.6. The third kappa shape index (κ3) is 6.41. The van der Waals surface area contributed by atoms with Gasteiger partial charge in [-0.2, -0.15) is 0 Å². The second kappa shape index (κ2) is 14.0. The van der Waals surface area contributed by atoms with Crippen molar-refractivity contribution in [2.45, 2.75) is 12.5 Å². The lowest BCUT2D eigenvalue weighted by molar-refractivity contribution is 0.574. The molecule has 0 aliphatic carbocycles. The molecule has 51 heavy (non-hydrogen) atoms. The number of benzene rings is 5. The summed E-state index contributed by atoms with van der Waals surface area (Å²) >= 11 is 0. The summed E-state index contributed by atoms with van der Waals surface area (Å²) in [5, 5.41) is 4.18. The lowest BCUT2D eigenvalue weighted by Crippen LogP contribution is -2.20. The molecule has 0 aliphatic heterocycles. The van der Waals surface area contributed by atoms with E-state index in [1.165, 1.54) is 0 Å². The average molecular weight is 659 g/mol. The normalized spacial score (nSPS) is 13.2. The van der Waals surface area contributed by atoms with E-state index in [1.54, 1.807) is 6.08 Å². The minimum absolute atomic E-state index is 0.357. The molecule has 0 N–H and O–H groups in total. The summed E-state index contributed by atoms with van der Waals surface area (Å²) in [6.45, 7) is 7.85. The number of amidine groups is 1. The van der Waals surface area contributed by atoms with Crippen LogP contribution in [0.25, 0.3) is 56.2 Å². The minimum atomic E-state index is -0.357. The van der Waals surface area contributed by atoms with Crippen LogP contribution in [0.3, 0.4) is 0 Å². The van der Waals surface area contributed by atoms with Crippen LogP contribution in [0.2, 0.25) is 0 Å². The van der Waals surface area contributed by atoms with E-state index in [2.05, 4.69) is 91.1 Å². The molecule has 0 spiro atoms. The summed E-state index contributed by atoms with van der Waals surface area (Å²) in [5.41, 5.74) is 9.30. The molecule has 0 saturated carbocycles. The highest BCUT2D eigenvalue weighted by Crippen LogP contribution is 2.33. The molecule has 3 aromatic heterocycles. The standard InChI is InChI=1S/C46H34N4O/c1-3-13-38-39-19-10-11-20-41(39)51-42(38)26-21-31-28-36(40-25-24-34-23-22-33-18-12-27-48-44(33)45(34)49-40)30-37(29-31)43(32-14-6-4-7-15-32)50-46(47-2)35-16-8-5-9-17-35/h3-20,22-30,43H,1-2,21H2/b38-13-,42-26+,50-46-. The number of hydrogen-bond acceptors (Lipinski definition) is 4. The van der Waals surface area contributed by atoms with Crippen molar-refractivity contribution >= 4 is 57.5 Å². The van der Waals surface area contributed by atoms with Gasteiger partial charge in [0.05, 0.1) is 16.7 Å². The van der Waals surface area contributed by atoms with Crippen molar-refractivity contribution in [3.8, 4) is 11.3 Å². The molecule has 3 heterocycles.